The van der Waals surface area contributed by atoms with Crippen LogP contribution in [0.5, 0.6) is 0 Å². The molecule has 36 heavy (non-hydrogen) atoms. The van der Waals surface area contributed by atoms with E-state index in [1.54, 1.807) is 24.3 Å². The fourth-order valence-electron chi connectivity index (χ4n) is 3.81. The van der Waals surface area contributed by atoms with Gasteiger partial charge in [0.1, 0.15) is 6.04 Å². The van der Waals surface area contributed by atoms with Gasteiger partial charge in [0.05, 0.1) is 11.7 Å². The zero-order chi connectivity index (χ0) is 25.4. The molecule has 0 aromatic heterocycles. The Kier molecular flexibility index (Phi) is 11.1. The van der Waals surface area contributed by atoms with E-state index in [1.165, 1.54) is 6.92 Å². The van der Waals surface area contributed by atoms with E-state index in [0.29, 0.717) is 0 Å². The molecule has 192 valence electrons. The van der Waals surface area contributed by atoms with Gasteiger partial charge in [-0.2, -0.15) is 0 Å². The van der Waals surface area contributed by atoms with Crippen LogP contribution >= 0.6 is 24.4 Å². The van der Waals surface area contributed by atoms with Gasteiger partial charge in [0, 0.05) is 12.6 Å². The third-order valence-corrected chi connectivity index (χ3v) is 8.17. The molecule has 0 radical (unpaired) electrons. The highest BCUT2D eigenvalue weighted by Crippen LogP contribution is 2.46. The lowest BCUT2D eigenvalue weighted by molar-refractivity contribution is -0.142. The summed E-state index contributed by atoms with van der Waals surface area (Å²) in [6.45, 7) is 1.43. The van der Waals surface area contributed by atoms with Gasteiger partial charge in [0.15, 0.2) is 0 Å². The largest absolute Gasteiger partial charge is 0.480 e. The number of halogens is 1. The maximum atomic E-state index is 13.2. The van der Waals surface area contributed by atoms with Gasteiger partial charge >= 0.3 is 5.97 Å². The number of hydrogen-bond acceptors (Lipinski definition) is 4. The summed E-state index contributed by atoms with van der Waals surface area (Å²) in [6.07, 6.45) is -0.0606. The van der Waals surface area contributed by atoms with Crippen LogP contribution in [0, 0.1) is 5.92 Å². The average molecular weight is 575 g/mol. The first-order valence-electron chi connectivity index (χ1n) is 11.4. The second-order valence-electron chi connectivity index (χ2n) is 8.73. The Morgan fingerprint density at radius 3 is 1.89 bits per heavy atom. The Hall–Kier alpha value is -2.77. The highest BCUT2D eigenvalue weighted by molar-refractivity contribution is 8.93. The number of carboxylic acids is 1. The summed E-state index contributed by atoms with van der Waals surface area (Å²) in [7, 11) is -3.83. The van der Waals surface area contributed by atoms with Crippen molar-refractivity contribution in [2.45, 2.75) is 31.6 Å². The second kappa shape index (κ2) is 13.5. The van der Waals surface area contributed by atoms with Crippen molar-refractivity contribution in [1.29, 1.82) is 0 Å². The van der Waals surface area contributed by atoms with Crippen molar-refractivity contribution in [2.75, 3.05) is 6.16 Å². The monoisotopic (exact) mass is 574 g/mol. The molecule has 0 fully saturated rings. The van der Waals surface area contributed by atoms with Crippen LogP contribution in [0.15, 0.2) is 84.9 Å². The lowest BCUT2D eigenvalue weighted by Gasteiger charge is -2.24. The van der Waals surface area contributed by atoms with Gasteiger partial charge in [-0.15, -0.1) is 17.0 Å². The molecule has 7 nitrogen and oxygen atoms in total. The second-order valence-corrected chi connectivity index (χ2v) is 11.4. The summed E-state index contributed by atoms with van der Waals surface area (Å²) in [5, 5.41) is 12.2. The van der Waals surface area contributed by atoms with Gasteiger partial charge in [0.25, 0.3) is 0 Å². The van der Waals surface area contributed by atoms with Crippen LogP contribution in [0.4, 0.5) is 0 Å². The van der Waals surface area contributed by atoms with Crippen LogP contribution in [0.25, 0.3) is 11.1 Å². The smallest absolute Gasteiger partial charge is 0.326 e. The Balaban J connectivity index is 0.00000456. The quantitative estimate of drug-likeness (QED) is 0.250. The lowest BCUT2D eigenvalue weighted by Crippen LogP contribution is -2.46. The molecule has 9 heteroatoms. The van der Waals surface area contributed by atoms with Gasteiger partial charge in [0.2, 0.25) is 13.3 Å². The molecule has 0 aliphatic rings. The third kappa shape index (κ3) is 8.42. The maximum absolute atomic E-state index is 13.2. The van der Waals surface area contributed by atoms with E-state index in [4.69, 9.17) is 5.73 Å². The van der Waals surface area contributed by atoms with Crippen LogP contribution in [-0.4, -0.2) is 39.9 Å². The summed E-state index contributed by atoms with van der Waals surface area (Å²) >= 11 is 0. The Labute approximate surface area is 222 Å². The zero-order valence-corrected chi connectivity index (χ0v) is 22.6. The molecule has 4 atom stereocenters. The number of carbonyl (C=O) groups is 2. The normalized spacial score (nSPS) is 15.0. The van der Waals surface area contributed by atoms with Crippen LogP contribution in [0.1, 0.15) is 18.1 Å². The molecule has 3 aromatic rings. The Morgan fingerprint density at radius 1 is 0.861 bits per heavy atom. The number of carboxylic acid groups (broad SMARTS) is 1. The summed E-state index contributed by atoms with van der Waals surface area (Å²) in [4.78, 5) is 35.4. The predicted octanol–water partition coefficient (Wildman–Crippen LogP) is 4.48. The number of rotatable bonds is 11. The summed E-state index contributed by atoms with van der Waals surface area (Å²) in [6, 6.07) is 25.2. The molecule has 3 aromatic carbocycles. The van der Waals surface area contributed by atoms with E-state index in [2.05, 4.69) is 5.32 Å². The van der Waals surface area contributed by atoms with Crippen molar-refractivity contribution in [3.05, 3.63) is 96.1 Å². The Morgan fingerprint density at radius 2 is 1.36 bits per heavy atom. The number of amides is 1. The van der Waals surface area contributed by atoms with Gasteiger partial charge in [-0.1, -0.05) is 84.9 Å². The van der Waals surface area contributed by atoms with E-state index in [0.717, 1.165) is 22.3 Å². The average Bonchev–Trinajstić information content (AvgIpc) is 2.84. The minimum absolute atomic E-state index is 0. The molecule has 0 spiro atoms. The molecule has 0 bridgehead atoms. The molecule has 0 heterocycles. The number of carbonyl (C=O) groups excluding carboxylic acids is 1. The minimum Gasteiger partial charge on any atom is -0.480 e. The molecule has 0 aliphatic carbocycles. The third-order valence-electron chi connectivity index (χ3n) is 5.93. The van der Waals surface area contributed by atoms with Crippen LogP contribution in [0.3, 0.4) is 0 Å². The fourth-order valence-corrected chi connectivity index (χ4v) is 5.07. The van der Waals surface area contributed by atoms with E-state index >= 15 is 0 Å². The summed E-state index contributed by atoms with van der Waals surface area (Å²) < 4.78 is 12.7. The van der Waals surface area contributed by atoms with Crippen molar-refractivity contribution >= 4 is 36.2 Å². The van der Waals surface area contributed by atoms with Crippen molar-refractivity contribution in [3.8, 4) is 11.1 Å². The van der Waals surface area contributed by atoms with Crippen LogP contribution < -0.4 is 11.1 Å². The molecule has 0 saturated carbocycles. The van der Waals surface area contributed by atoms with Crippen molar-refractivity contribution in [2.24, 2.45) is 11.7 Å². The van der Waals surface area contributed by atoms with E-state index in [-0.39, 0.29) is 36.0 Å². The van der Waals surface area contributed by atoms with E-state index < -0.39 is 37.0 Å². The first-order chi connectivity index (χ1) is 16.7. The maximum Gasteiger partial charge on any atom is 0.326 e. The molecule has 1 amide bonds. The summed E-state index contributed by atoms with van der Waals surface area (Å²) in [5.74, 6) is -3.68. The number of nitrogens with one attached hydrogen (secondary N) is 1. The van der Waals surface area contributed by atoms with Crippen LogP contribution in [0.2, 0.25) is 0 Å². The highest BCUT2D eigenvalue weighted by Gasteiger charge is 2.34. The number of aliphatic carboxylic acids is 1. The van der Waals surface area contributed by atoms with Crippen LogP contribution in [-0.2, 0) is 27.0 Å². The minimum atomic E-state index is -3.83. The van der Waals surface area contributed by atoms with Gasteiger partial charge < -0.3 is 21.1 Å². The van der Waals surface area contributed by atoms with E-state index in [1.807, 2.05) is 60.7 Å². The molecule has 0 saturated heterocycles. The first-order valence-corrected chi connectivity index (χ1v) is 13.4. The topological polar surface area (TPSA) is 130 Å². The predicted molar refractivity (Wildman–Crippen MR) is 147 cm³/mol. The number of hydrogen-bond donors (Lipinski definition) is 4. The number of nitrogens with two attached hydrogens (primary N) is 1. The zero-order valence-electron chi connectivity index (χ0n) is 20.0. The molecular formula is C27H32BrN2O5P. The summed E-state index contributed by atoms with van der Waals surface area (Å²) in [5.41, 5.74) is 9.32. The number of benzene rings is 3. The van der Waals surface area contributed by atoms with Gasteiger partial charge in [-0.3, -0.25) is 9.36 Å². The SMILES string of the molecule is Br.CC(N)P(=O)(O)CC(Cc1ccc(-c2ccccc2)cc1)C(=O)N[C@@H](Cc1ccccc1)C(=O)O. The molecule has 3 unspecified atom stereocenters. The van der Waals surface area contributed by atoms with Crippen molar-refractivity contribution < 1.29 is 24.2 Å². The highest BCUT2D eigenvalue weighted by atomic mass is 79.9. The first kappa shape index (κ1) is 29.5. The molecule has 0 aliphatic heterocycles. The Bertz CT molecular complexity index is 1170. The lowest BCUT2D eigenvalue weighted by atomic mass is 9.97. The van der Waals surface area contributed by atoms with Gasteiger partial charge in [-0.05, 0) is 35.6 Å². The molecule has 5 N–H and O–H groups in total. The van der Waals surface area contributed by atoms with Crippen molar-refractivity contribution in [3.63, 3.8) is 0 Å². The van der Waals surface area contributed by atoms with Gasteiger partial charge in [-0.25, -0.2) is 4.79 Å². The molecular weight excluding hydrogens is 543 g/mol. The fraction of sp³-hybridized carbons (Fsp3) is 0.259. The standard InChI is InChI=1S/C27H31N2O5P.BrH/c1-19(28)35(33,34)18-24(16-21-12-14-23(15-13-21)22-10-6-3-7-11-22)26(30)29-25(27(31)32)17-20-8-4-2-5-9-20;/h2-15,19,24-25H,16-18,28H2,1H3,(H,29,30)(H,31,32)(H,33,34);1H/t19?,24?,25-;/m0./s1. The van der Waals surface area contributed by atoms with Crippen molar-refractivity contribution in [1.82, 2.24) is 5.32 Å². The molecule has 3 rings (SSSR count). The van der Waals surface area contributed by atoms with E-state index in [9.17, 15) is 24.2 Å².